The van der Waals surface area contributed by atoms with E-state index >= 15 is 0 Å². The SMILES string of the molecule is Cc1nc(-c2ccccn2)nc(NCC2(C)CCOC2)c1C. The van der Waals surface area contributed by atoms with Gasteiger partial charge in [-0.25, -0.2) is 9.97 Å². The molecule has 116 valence electrons. The first-order valence-corrected chi connectivity index (χ1v) is 7.66. The minimum atomic E-state index is 0.177. The van der Waals surface area contributed by atoms with Crippen LogP contribution in [0.4, 0.5) is 5.82 Å². The summed E-state index contributed by atoms with van der Waals surface area (Å²) in [5, 5.41) is 3.49. The smallest absolute Gasteiger partial charge is 0.180 e. The fourth-order valence-electron chi connectivity index (χ4n) is 2.56. The molecule has 1 saturated heterocycles. The Hall–Kier alpha value is -2.01. The highest BCUT2D eigenvalue weighted by molar-refractivity contribution is 5.56. The van der Waals surface area contributed by atoms with Crippen molar-refractivity contribution in [2.45, 2.75) is 27.2 Å². The first-order valence-electron chi connectivity index (χ1n) is 7.66. The highest BCUT2D eigenvalue weighted by Crippen LogP contribution is 2.29. The number of aromatic nitrogens is 3. The highest BCUT2D eigenvalue weighted by Gasteiger charge is 2.29. The summed E-state index contributed by atoms with van der Waals surface area (Å²) in [6, 6.07) is 5.77. The molecule has 1 aliphatic rings. The molecule has 5 nitrogen and oxygen atoms in total. The van der Waals surface area contributed by atoms with Gasteiger partial charge in [0.05, 0.1) is 6.61 Å². The molecule has 0 saturated carbocycles. The molecule has 1 aliphatic heterocycles. The molecule has 0 aliphatic carbocycles. The zero-order chi connectivity index (χ0) is 15.6. The van der Waals surface area contributed by atoms with Gasteiger partial charge in [0.25, 0.3) is 0 Å². The van der Waals surface area contributed by atoms with Gasteiger partial charge in [0.1, 0.15) is 11.5 Å². The van der Waals surface area contributed by atoms with Crippen LogP contribution in [0.3, 0.4) is 0 Å². The van der Waals surface area contributed by atoms with Crippen molar-refractivity contribution in [3.8, 4) is 11.5 Å². The summed E-state index contributed by atoms with van der Waals surface area (Å²) in [5.41, 5.74) is 3.04. The van der Waals surface area contributed by atoms with Crippen LogP contribution in [0.1, 0.15) is 24.6 Å². The number of nitrogens with zero attached hydrogens (tertiary/aromatic N) is 3. The Balaban J connectivity index is 1.85. The lowest BCUT2D eigenvalue weighted by molar-refractivity contribution is 0.164. The largest absolute Gasteiger partial charge is 0.381 e. The van der Waals surface area contributed by atoms with Gasteiger partial charge in [-0.05, 0) is 32.4 Å². The molecule has 1 unspecified atom stereocenters. The molecule has 3 rings (SSSR count). The Morgan fingerprint density at radius 2 is 2.14 bits per heavy atom. The van der Waals surface area contributed by atoms with Gasteiger partial charge in [-0.15, -0.1) is 0 Å². The standard InChI is InChI=1S/C17H22N4O/c1-12-13(2)20-16(14-6-4-5-8-18-14)21-15(12)19-10-17(3)7-9-22-11-17/h4-6,8H,7,9-11H2,1-3H3,(H,19,20,21). The Morgan fingerprint density at radius 3 is 2.82 bits per heavy atom. The lowest BCUT2D eigenvalue weighted by atomic mass is 9.90. The zero-order valence-corrected chi connectivity index (χ0v) is 13.4. The third-order valence-corrected chi connectivity index (χ3v) is 4.27. The van der Waals surface area contributed by atoms with E-state index in [1.165, 1.54) is 0 Å². The highest BCUT2D eigenvalue weighted by atomic mass is 16.5. The van der Waals surface area contributed by atoms with E-state index in [-0.39, 0.29) is 5.41 Å². The van der Waals surface area contributed by atoms with Gasteiger partial charge in [-0.1, -0.05) is 13.0 Å². The Morgan fingerprint density at radius 1 is 1.27 bits per heavy atom. The van der Waals surface area contributed by atoms with Gasteiger partial charge >= 0.3 is 0 Å². The number of rotatable bonds is 4. The van der Waals surface area contributed by atoms with Crippen LogP contribution in [0.15, 0.2) is 24.4 Å². The molecule has 0 aromatic carbocycles. The van der Waals surface area contributed by atoms with Gasteiger partial charge in [-0.2, -0.15) is 0 Å². The maximum Gasteiger partial charge on any atom is 0.180 e. The van der Waals surface area contributed by atoms with E-state index in [4.69, 9.17) is 4.74 Å². The molecule has 5 heteroatoms. The second-order valence-electron chi connectivity index (χ2n) is 6.29. The summed E-state index contributed by atoms with van der Waals surface area (Å²) in [6.45, 7) is 8.81. The summed E-state index contributed by atoms with van der Waals surface area (Å²) >= 11 is 0. The van der Waals surface area contributed by atoms with Gasteiger partial charge in [-0.3, -0.25) is 4.98 Å². The van der Waals surface area contributed by atoms with E-state index in [0.717, 1.165) is 48.9 Å². The van der Waals surface area contributed by atoms with Crippen molar-refractivity contribution in [1.82, 2.24) is 15.0 Å². The summed E-state index contributed by atoms with van der Waals surface area (Å²) in [6.07, 6.45) is 2.84. The third kappa shape index (κ3) is 3.09. The molecule has 2 aromatic heterocycles. The lowest BCUT2D eigenvalue weighted by Gasteiger charge is -2.23. The summed E-state index contributed by atoms with van der Waals surface area (Å²) in [4.78, 5) is 13.6. The molecule has 0 bridgehead atoms. The van der Waals surface area contributed by atoms with Crippen LogP contribution in [-0.4, -0.2) is 34.7 Å². The van der Waals surface area contributed by atoms with E-state index in [1.807, 2.05) is 32.0 Å². The molecule has 1 fully saturated rings. The number of nitrogens with one attached hydrogen (secondary N) is 1. The van der Waals surface area contributed by atoms with Crippen molar-refractivity contribution >= 4 is 5.82 Å². The second-order valence-corrected chi connectivity index (χ2v) is 6.29. The molecule has 0 spiro atoms. The van der Waals surface area contributed by atoms with Crippen LogP contribution < -0.4 is 5.32 Å². The monoisotopic (exact) mass is 298 g/mol. The number of hydrogen-bond acceptors (Lipinski definition) is 5. The first kappa shape index (κ1) is 14.9. The minimum Gasteiger partial charge on any atom is -0.381 e. The predicted octanol–water partition coefficient (Wildman–Crippen LogP) is 2.99. The molecule has 1 N–H and O–H groups in total. The number of pyridine rings is 1. The molecule has 2 aromatic rings. The number of hydrogen-bond donors (Lipinski definition) is 1. The Bertz CT molecular complexity index is 651. The van der Waals surface area contributed by atoms with Crippen LogP contribution in [0.5, 0.6) is 0 Å². The van der Waals surface area contributed by atoms with Crippen LogP contribution in [0.2, 0.25) is 0 Å². The quantitative estimate of drug-likeness (QED) is 0.940. The van der Waals surface area contributed by atoms with Crippen molar-refractivity contribution in [1.29, 1.82) is 0 Å². The van der Waals surface area contributed by atoms with Crippen LogP contribution >= 0.6 is 0 Å². The molecular weight excluding hydrogens is 276 g/mol. The lowest BCUT2D eigenvalue weighted by Crippen LogP contribution is -2.27. The minimum absolute atomic E-state index is 0.177. The van der Waals surface area contributed by atoms with Crippen molar-refractivity contribution in [3.63, 3.8) is 0 Å². The maximum atomic E-state index is 5.51. The maximum absolute atomic E-state index is 5.51. The molecule has 3 heterocycles. The van der Waals surface area contributed by atoms with Gasteiger partial charge in [0, 0.05) is 36.0 Å². The second kappa shape index (κ2) is 6.01. The Kier molecular flexibility index (Phi) is 4.07. The fraction of sp³-hybridized carbons (Fsp3) is 0.471. The average Bonchev–Trinajstić information content (AvgIpc) is 2.96. The van der Waals surface area contributed by atoms with Crippen molar-refractivity contribution < 1.29 is 4.74 Å². The average molecular weight is 298 g/mol. The normalized spacial score (nSPS) is 21.0. The third-order valence-electron chi connectivity index (χ3n) is 4.27. The predicted molar refractivity (Wildman–Crippen MR) is 86.8 cm³/mol. The van der Waals surface area contributed by atoms with E-state index in [0.29, 0.717) is 5.82 Å². The molecule has 22 heavy (non-hydrogen) atoms. The van der Waals surface area contributed by atoms with Gasteiger partial charge in [0.2, 0.25) is 0 Å². The fourth-order valence-corrected chi connectivity index (χ4v) is 2.56. The van der Waals surface area contributed by atoms with Crippen LogP contribution in [0, 0.1) is 19.3 Å². The van der Waals surface area contributed by atoms with E-state index < -0.39 is 0 Å². The molecular formula is C17H22N4O. The Labute approximate surface area is 131 Å². The number of ether oxygens (including phenoxy) is 1. The van der Waals surface area contributed by atoms with Crippen molar-refractivity contribution in [3.05, 3.63) is 35.7 Å². The van der Waals surface area contributed by atoms with Gasteiger partial charge in [0.15, 0.2) is 5.82 Å². The van der Waals surface area contributed by atoms with E-state index in [1.54, 1.807) is 6.20 Å². The molecule has 0 amide bonds. The summed E-state index contributed by atoms with van der Waals surface area (Å²) < 4.78 is 5.51. The topological polar surface area (TPSA) is 59.9 Å². The van der Waals surface area contributed by atoms with Gasteiger partial charge < -0.3 is 10.1 Å². The van der Waals surface area contributed by atoms with Crippen molar-refractivity contribution in [2.24, 2.45) is 5.41 Å². The van der Waals surface area contributed by atoms with Crippen molar-refractivity contribution in [2.75, 3.05) is 25.1 Å². The summed E-state index contributed by atoms with van der Waals surface area (Å²) in [7, 11) is 0. The van der Waals surface area contributed by atoms with Crippen LogP contribution in [0.25, 0.3) is 11.5 Å². The van der Waals surface area contributed by atoms with E-state index in [9.17, 15) is 0 Å². The molecule has 1 atom stereocenters. The zero-order valence-electron chi connectivity index (χ0n) is 13.4. The number of aryl methyl sites for hydroxylation is 1. The van der Waals surface area contributed by atoms with Crippen LogP contribution in [-0.2, 0) is 4.74 Å². The number of anilines is 1. The van der Waals surface area contributed by atoms with E-state index in [2.05, 4.69) is 27.2 Å². The first-order chi connectivity index (χ1) is 10.6. The molecule has 0 radical (unpaired) electrons. The summed E-state index contributed by atoms with van der Waals surface area (Å²) in [5.74, 6) is 1.56.